The number of halogens is 2. The zero-order valence-corrected chi connectivity index (χ0v) is 21.7. The summed E-state index contributed by atoms with van der Waals surface area (Å²) in [7, 11) is 0. The molecule has 12 heteroatoms. The number of carboxylic acid groups (broad SMARTS) is 1. The highest BCUT2D eigenvalue weighted by Crippen LogP contribution is 2.54. The van der Waals surface area contributed by atoms with Crippen LogP contribution in [0.2, 0.25) is 5.02 Å². The number of ether oxygens (including phenoxy) is 1. The first kappa shape index (κ1) is 24.1. The van der Waals surface area contributed by atoms with Crippen molar-refractivity contribution in [3.05, 3.63) is 77.6 Å². The maximum atomic E-state index is 13.4. The Morgan fingerprint density at radius 3 is 2.60 bits per heavy atom. The molecule has 2 amide bonds. The summed E-state index contributed by atoms with van der Waals surface area (Å²) in [5, 5.41) is 9.50. The largest absolute Gasteiger partial charge is 0.489 e. The van der Waals surface area contributed by atoms with Crippen LogP contribution in [-0.4, -0.2) is 44.6 Å². The highest BCUT2D eigenvalue weighted by atomic mass is 79.9. The van der Waals surface area contributed by atoms with Crippen LogP contribution in [0.15, 0.2) is 56.8 Å². The SMILES string of the molecule is O=C(O)CN1C(=O)C2Sc3[nH]c(=O)sc3[C@H](c3cc(Br)ccc3OCc3ccc(Cl)cc3)C2C1=O. The number of nitrogens with one attached hydrogen (secondary N) is 1. The molecule has 1 saturated heterocycles. The number of nitrogens with zero attached hydrogens (tertiary/aromatic N) is 1. The number of H-pyrrole nitrogens is 1. The number of likely N-dealkylation sites (tertiary alicyclic amines) is 1. The lowest BCUT2D eigenvalue weighted by molar-refractivity contribution is -0.149. The number of carbonyl (C=O) groups excluding carboxylic acids is 2. The van der Waals surface area contributed by atoms with E-state index in [1.54, 1.807) is 30.3 Å². The highest BCUT2D eigenvalue weighted by Gasteiger charge is 2.56. The van der Waals surface area contributed by atoms with Crippen molar-refractivity contribution in [1.82, 2.24) is 9.88 Å². The van der Waals surface area contributed by atoms with Crippen LogP contribution in [0.25, 0.3) is 0 Å². The molecule has 2 aliphatic heterocycles. The van der Waals surface area contributed by atoms with E-state index in [1.165, 1.54) is 0 Å². The first-order valence-electron chi connectivity index (χ1n) is 10.4. The summed E-state index contributed by atoms with van der Waals surface area (Å²) in [6, 6.07) is 12.6. The Morgan fingerprint density at radius 2 is 1.89 bits per heavy atom. The Hall–Kier alpha value is -2.60. The second kappa shape index (κ2) is 9.45. The number of hydrogen-bond acceptors (Lipinski definition) is 7. The van der Waals surface area contributed by atoms with Gasteiger partial charge >= 0.3 is 10.8 Å². The molecule has 3 heterocycles. The van der Waals surface area contributed by atoms with Crippen molar-refractivity contribution >= 4 is 68.4 Å². The van der Waals surface area contributed by atoms with Gasteiger partial charge in [0.05, 0.1) is 10.9 Å². The van der Waals surface area contributed by atoms with Gasteiger partial charge in [-0.1, -0.05) is 62.8 Å². The maximum Gasteiger partial charge on any atom is 0.323 e. The lowest BCUT2D eigenvalue weighted by Crippen LogP contribution is -2.36. The molecule has 0 radical (unpaired) electrons. The quantitative estimate of drug-likeness (QED) is 0.412. The van der Waals surface area contributed by atoms with Gasteiger partial charge in [0, 0.05) is 25.9 Å². The Kier molecular flexibility index (Phi) is 6.51. The molecule has 0 saturated carbocycles. The number of thiazole rings is 1. The monoisotopic (exact) mass is 594 g/mol. The van der Waals surface area contributed by atoms with Gasteiger partial charge in [0.2, 0.25) is 11.8 Å². The van der Waals surface area contributed by atoms with Gasteiger partial charge in [-0.3, -0.25) is 24.1 Å². The third-order valence-electron chi connectivity index (χ3n) is 5.82. The summed E-state index contributed by atoms with van der Waals surface area (Å²) in [4.78, 5) is 53.9. The maximum absolute atomic E-state index is 13.4. The topological polar surface area (TPSA) is 117 Å². The van der Waals surface area contributed by atoms with Crippen molar-refractivity contribution in [3.8, 4) is 5.75 Å². The predicted octanol–water partition coefficient (Wildman–Crippen LogP) is 4.11. The fraction of sp³-hybridized carbons (Fsp3) is 0.217. The number of rotatable bonds is 6. The number of benzene rings is 2. The molecule has 1 aromatic heterocycles. The summed E-state index contributed by atoms with van der Waals surface area (Å²) in [5.41, 5.74) is 1.51. The van der Waals surface area contributed by atoms with Crippen LogP contribution >= 0.6 is 50.6 Å². The first-order valence-corrected chi connectivity index (χ1v) is 13.2. The smallest absolute Gasteiger partial charge is 0.323 e. The van der Waals surface area contributed by atoms with Gasteiger partial charge in [0.15, 0.2) is 0 Å². The molecular formula is C23H16BrClN2O6S2. The van der Waals surface area contributed by atoms with Gasteiger partial charge in [0.25, 0.3) is 0 Å². The molecule has 180 valence electrons. The van der Waals surface area contributed by atoms with Gasteiger partial charge in [-0.05, 0) is 35.9 Å². The van der Waals surface area contributed by atoms with Gasteiger partial charge in [-0.15, -0.1) is 0 Å². The number of thioether (sulfide) groups is 1. The summed E-state index contributed by atoms with van der Waals surface area (Å²) in [5.74, 6) is -3.48. The minimum atomic E-state index is -1.27. The van der Waals surface area contributed by atoms with E-state index in [2.05, 4.69) is 20.9 Å². The Labute approximate surface area is 220 Å². The third-order valence-corrected chi connectivity index (χ3v) is 8.97. The van der Waals surface area contributed by atoms with Crippen molar-refractivity contribution < 1.29 is 24.2 Å². The summed E-state index contributed by atoms with van der Waals surface area (Å²) in [6.07, 6.45) is 0. The fourth-order valence-corrected chi connectivity index (χ4v) is 7.37. The standard InChI is InChI=1S/C23H16BrClN2O6S2/c24-11-3-6-14(33-9-10-1-4-12(25)5-2-10)13(7-11)16-17-19(34-20-18(16)35-23(32)26-20)22(31)27(21(17)30)8-15(28)29/h1-7,16-17,19H,8-9H2,(H,26,32)(H,28,29)/t16-,17?,19?/m1/s1. The van der Waals surface area contributed by atoms with E-state index in [1.807, 2.05) is 12.1 Å². The van der Waals surface area contributed by atoms with E-state index in [4.69, 9.17) is 16.3 Å². The fourth-order valence-electron chi connectivity index (χ4n) is 4.34. The minimum absolute atomic E-state index is 0.232. The first-order chi connectivity index (χ1) is 16.7. The van der Waals surface area contributed by atoms with Crippen molar-refractivity contribution in [2.45, 2.75) is 22.8 Å². The number of aliphatic carboxylic acids is 1. The van der Waals surface area contributed by atoms with E-state index < -0.39 is 41.4 Å². The van der Waals surface area contributed by atoms with Crippen LogP contribution in [0, 0.1) is 5.92 Å². The zero-order valence-electron chi connectivity index (χ0n) is 17.7. The van der Waals surface area contributed by atoms with E-state index in [0.717, 1.165) is 38.0 Å². The number of carboxylic acids is 1. The Morgan fingerprint density at radius 1 is 1.14 bits per heavy atom. The van der Waals surface area contributed by atoms with Gasteiger partial charge in [-0.25, -0.2) is 0 Å². The zero-order chi connectivity index (χ0) is 24.9. The van der Waals surface area contributed by atoms with Crippen molar-refractivity contribution in [3.63, 3.8) is 0 Å². The van der Waals surface area contributed by atoms with Crippen LogP contribution in [0.1, 0.15) is 21.9 Å². The normalized spacial score (nSPS) is 21.1. The summed E-state index contributed by atoms with van der Waals surface area (Å²) in [6.45, 7) is -0.476. The van der Waals surface area contributed by atoms with Crippen LogP contribution in [0.3, 0.4) is 0 Å². The van der Waals surface area contributed by atoms with Crippen LogP contribution < -0.4 is 9.61 Å². The average molecular weight is 596 g/mol. The van der Waals surface area contributed by atoms with Crippen molar-refractivity contribution in [2.75, 3.05) is 6.54 Å². The number of aromatic nitrogens is 1. The molecule has 2 unspecified atom stereocenters. The predicted molar refractivity (Wildman–Crippen MR) is 134 cm³/mol. The number of fused-ring (bicyclic) bond motifs is 2. The number of aromatic amines is 1. The second-order valence-corrected chi connectivity index (χ2v) is 11.5. The summed E-state index contributed by atoms with van der Waals surface area (Å²) >= 11 is 11.5. The Balaban J connectivity index is 1.58. The molecule has 35 heavy (non-hydrogen) atoms. The lowest BCUT2D eigenvalue weighted by Gasteiger charge is -2.31. The van der Waals surface area contributed by atoms with E-state index in [9.17, 15) is 24.3 Å². The van der Waals surface area contributed by atoms with E-state index in [0.29, 0.717) is 26.2 Å². The Bertz CT molecular complexity index is 1410. The second-order valence-electron chi connectivity index (χ2n) is 8.00. The van der Waals surface area contributed by atoms with Crippen molar-refractivity contribution in [1.29, 1.82) is 0 Å². The van der Waals surface area contributed by atoms with E-state index in [-0.39, 0.29) is 11.5 Å². The molecule has 8 nitrogen and oxygen atoms in total. The van der Waals surface area contributed by atoms with Crippen LogP contribution in [0.4, 0.5) is 0 Å². The molecule has 2 aromatic carbocycles. The number of hydrogen-bond donors (Lipinski definition) is 2. The van der Waals surface area contributed by atoms with Gasteiger partial charge in [0.1, 0.15) is 24.2 Å². The van der Waals surface area contributed by atoms with Crippen LogP contribution in [-0.2, 0) is 21.0 Å². The molecule has 0 spiro atoms. The summed E-state index contributed by atoms with van der Waals surface area (Å²) < 4.78 is 6.86. The number of amides is 2. The molecule has 0 bridgehead atoms. The molecule has 0 aliphatic carbocycles. The molecule has 3 aromatic rings. The third kappa shape index (κ3) is 4.53. The lowest BCUT2D eigenvalue weighted by atomic mass is 9.82. The minimum Gasteiger partial charge on any atom is -0.489 e. The highest BCUT2D eigenvalue weighted by molar-refractivity contribution is 9.10. The average Bonchev–Trinajstić information content (AvgIpc) is 3.29. The van der Waals surface area contributed by atoms with Gasteiger partial charge in [-0.2, -0.15) is 0 Å². The van der Waals surface area contributed by atoms with Crippen molar-refractivity contribution in [2.24, 2.45) is 5.92 Å². The molecule has 3 atom stereocenters. The van der Waals surface area contributed by atoms with Crippen LogP contribution in [0.5, 0.6) is 5.75 Å². The molecule has 5 rings (SSSR count). The molecule has 1 fully saturated rings. The molecule has 2 aliphatic rings. The number of imide groups is 1. The molecule has 2 N–H and O–H groups in total. The van der Waals surface area contributed by atoms with Gasteiger partial charge < -0.3 is 14.8 Å². The molecular weight excluding hydrogens is 580 g/mol. The van der Waals surface area contributed by atoms with E-state index >= 15 is 0 Å². The number of carbonyl (C=O) groups is 3.